The minimum absolute atomic E-state index is 0.239. The second-order valence-electron chi connectivity index (χ2n) is 17.7. The molecule has 0 unspecified atom stereocenters. The fourth-order valence-corrected chi connectivity index (χ4v) is 10.2. The average molecular weight is 932 g/mol. The van der Waals surface area contributed by atoms with Gasteiger partial charge < -0.3 is 30.1 Å². The van der Waals surface area contributed by atoms with Crippen molar-refractivity contribution in [2.24, 2.45) is 0 Å². The maximum absolute atomic E-state index is 11.1. The highest BCUT2D eigenvalue weighted by Gasteiger charge is 2.17. The molecule has 10 heteroatoms. The highest BCUT2D eigenvalue weighted by atomic mass is 16.4. The van der Waals surface area contributed by atoms with E-state index in [-0.39, 0.29) is 11.3 Å². The Morgan fingerprint density at radius 1 is 0.361 bits per heavy atom. The second kappa shape index (κ2) is 17.2. The van der Waals surface area contributed by atoms with Crippen LogP contribution >= 0.6 is 0 Å². The van der Waals surface area contributed by atoms with Crippen molar-refractivity contribution in [3.05, 3.63) is 218 Å². The van der Waals surface area contributed by atoms with E-state index in [0.717, 1.165) is 88.9 Å². The maximum atomic E-state index is 11.1. The molecule has 6 N–H and O–H groups in total. The van der Waals surface area contributed by atoms with Gasteiger partial charge in [0.1, 0.15) is 17.4 Å². The molecule has 342 valence electrons. The Balaban J connectivity index is 0.000000105. The smallest absolute Gasteiger partial charge is 0.335 e. The summed E-state index contributed by atoms with van der Waals surface area (Å²) >= 11 is 0. The minimum Gasteiger partial charge on any atom is -0.508 e. The third-order valence-corrected chi connectivity index (χ3v) is 13.5. The predicted octanol–water partition coefficient (Wildman–Crippen LogP) is 15.3. The number of aromatic carboxylic acids is 1. The molecule has 15 rings (SSSR count). The third kappa shape index (κ3) is 7.13. The number of carbonyl (C=O) groups is 1. The molecule has 11 aromatic carbocycles. The van der Waals surface area contributed by atoms with Crippen molar-refractivity contribution in [1.29, 1.82) is 0 Å². The molecule has 4 heterocycles. The fraction of sp³-hybridized carbons (Fsp3) is 0. The number of hydrogen-bond acceptors (Lipinski definition) is 5. The monoisotopic (exact) mass is 931 g/mol. The van der Waals surface area contributed by atoms with E-state index in [2.05, 4.69) is 129 Å². The van der Waals surface area contributed by atoms with Gasteiger partial charge in [0, 0.05) is 49.6 Å². The zero-order chi connectivity index (χ0) is 48.3. The number of H-pyrrole nitrogens is 4. The summed E-state index contributed by atoms with van der Waals surface area (Å²) < 4.78 is 0. The summed E-state index contributed by atoms with van der Waals surface area (Å²) in [6, 6.07) is 68.2. The highest BCUT2D eigenvalue weighted by Crippen LogP contribution is 2.38. The fourth-order valence-electron chi connectivity index (χ4n) is 10.2. The van der Waals surface area contributed by atoms with Gasteiger partial charge in [-0.25, -0.2) is 19.7 Å². The Hall–Kier alpha value is -10.1. The maximum Gasteiger partial charge on any atom is 0.335 e. The predicted molar refractivity (Wildman–Crippen MR) is 293 cm³/mol. The van der Waals surface area contributed by atoms with E-state index in [0.29, 0.717) is 0 Å². The van der Waals surface area contributed by atoms with Crippen LogP contribution < -0.4 is 0 Å². The summed E-state index contributed by atoms with van der Waals surface area (Å²) in [5.74, 6) is 1.68. The highest BCUT2D eigenvalue weighted by molar-refractivity contribution is 6.25. The Kier molecular flexibility index (Phi) is 10.0. The van der Waals surface area contributed by atoms with E-state index < -0.39 is 5.97 Å². The number of aromatic nitrogens is 7. The molecule has 0 spiro atoms. The zero-order valence-corrected chi connectivity index (χ0v) is 38.4. The number of phenolic OH excluding ortho intramolecular Hbond substituents is 1. The van der Waals surface area contributed by atoms with Gasteiger partial charge in [-0.2, -0.15) is 0 Å². The largest absolute Gasteiger partial charge is 0.508 e. The van der Waals surface area contributed by atoms with Crippen LogP contribution in [0, 0.1) is 0 Å². The van der Waals surface area contributed by atoms with Gasteiger partial charge in [-0.1, -0.05) is 170 Å². The molecule has 0 saturated carbocycles. The summed E-state index contributed by atoms with van der Waals surface area (Å²) in [5, 5.41) is 33.0. The number of fused-ring (bicyclic) bond motifs is 18. The molecule has 0 bridgehead atoms. The molecular formula is C62H41N7O3. The molecule has 10 nitrogen and oxygen atoms in total. The number of phenols is 1. The molecule has 0 radical (unpaired) electrons. The van der Waals surface area contributed by atoms with Crippen LogP contribution in [0.5, 0.6) is 5.75 Å². The number of aromatic hydroxyl groups is 1. The van der Waals surface area contributed by atoms with Crippen LogP contribution in [0.15, 0.2) is 212 Å². The summed E-state index contributed by atoms with van der Waals surface area (Å²) in [4.78, 5) is 39.2. The van der Waals surface area contributed by atoms with Gasteiger partial charge in [-0.3, -0.25) is 0 Å². The molecular weight excluding hydrogens is 891 g/mol. The summed E-state index contributed by atoms with van der Waals surface area (Å²) in [6.07, 6.45) is 1.92. The van der Waals surface area contributed by atoms with E-state index in [1.807, 2.05) is 66.9 Å². The molecule has 0 aliphatic heterocycles. The van der Waals surface area contributed by atoms with Crippen LogP contribution in [-0.2, 0) is 0 Å². The number of aromatic amines is 4. The van der Waals surface area contributed by atoms with E-state index in [9.17, 15) is 9.90 Å². The van der Waals surface area contributed by atoms with Crippen molar-refractivity contribution in [3.63, 3.8) is 0 Å². The number of carboxylic acids is 1. The first-order valence-electron chi connectivity index (χ1n) is 23.6. The Morgan fingerprint density at radius 3 is 1.14 bits per heavy atom. The molecule has 72 heavy (non-hydrogen) atoms. The van der Waals surface area contributed by atoms with Crippen molar-refractivity contribution < 1.29 is 15.0 Å². The van der Waals surface area contributed by atoms with Gasteiger partial charge in [0.25, 0.3) is 0 Å². The Labute approximate surface area is 409 Å². The van der Waals surface area contributed by atoms with Crippen molar-refractivity contribution in [2.45, 2.75) is 0 Å². The molecule has 0 atom stereocenters. The van der Waals surface area contributed by atoms with Crippen LogP contribution in [-0.4, -0.2) is 51.1 Å². The lowest BCUT2D eigenvalue weighted by Crippen LogP contribution is -1.95. The Morgan fingerprint density at radius 2 is 0.736 bits per heavy atom. The van der Waals surface area contributed by atoms with Crippen molar-refractivity contribution in [2.75, 3.05) is 0 Å². The first-order valence-corrected chi connectivity index (χ1v) is 23.6. The SMILES string of the molecule is O=C(O)c1ccc(-c2nc3c4ccccc4c4ccccc4c3[nH]2)cc1.Oc1cccc(-c2nc3c4ccccc4c4ccccc4c3[nH]2)c1.c1c[nH]c(-c2nc3c4ccccc4c4ccccc4c3[nH]2)c1. The molecule has 0 aliphatic carbocycles. The van der Waals surface area contributed by atoms with Crippen LogP contribution in [0.1, 0.15) is 10.4 Å². The van der Waals surface area contributed by atoms with E-state index in [1.54, 1.807) is 36.4 Å². The molecule has 0 amide bonds. The minimum atomic E-state index is -0.932. The number of rotatable bonds is 4. The third-order valence-electron chi connectivity index (χ3n) is 13.5. The summed E-state index contributed by atoms with van der Waals surface area (Å²) in [5.41, 5.74) is 9.04. The van der Waals surface area contributed by atoms with Crippen LogP contribution in [0.4, 0.5) is 0 Å². The van der Waals surface area contributed by atoms with Gasteiger partial charge in [0.05, 0.1) is 44.4 Å². The second-order valence-corrected chi connectivity index (χ2v) is 17.7. The first-order chi connectivity index (χ1) is 35.4. The van der Waals surface area contributed by atoms with Crippen LogP contribution in [0.25, 0.3) is 132 Å². The summed E-state index contributed by atoms with van der Waals surface area (Å²) in [6.45, 7) is 0. The topological polar surface area (TPSA) is 159 Å². The first kappa shape index (κ1) is 42.1. The van der Waals surface area contributed by atoms with Gasteiger partial charge in [0.2, 0.25) is 0 Å². The average Bonchev–Trinajstić information content (AvgIpc) is 4.29. The molecule has 4 aromatic heterocycles. The van der Waals surface area contributed by atoms with Crippen LogP contribution in [0.2, 0.25) is 0 Å². The quantitative estimate of drug-likeness (QED) is 0.0964. The van der Waals surface area contributed by atoms with Crippen molar-refractivity contribution >= 4 is 104 Å². The lowest BCUT2D eigenvalue weighted by Gasteiger charge is -2.05. The van der Waals surface area contributed by atoms with E-state index >= 15 is 0 Å². The molecule has 15 aromatic rings. The van der Waals surface area contributed by atoms with Gasteiger partial charge in [-0.05, 0) is 68.7 Å². The number of imidazole rings is 3. The van der Waals surface area contributed by atoms with E-state index in [1.165, 1.54) is 43.1 Å². The van der Waals surface area contributed by atoms with Gasteiger partial charge in [0.15, 0.2) is 5.82 Å². The van der Waals surface area contributed by atoms with Crippen LogP contribution in [0.3, 0.4) is 0 Å². The number of hydrogen-bond donors (Lipinski definition) is 6. The van der Waals surface area contributed by atoms with E-state index in [4.69, 9.17) is 20.1 Å². The molecule has 0 saturated heterocycles. The standard InChI is InChI=1S/C22H14N2O2.C21H14N2O.C19H13N3/c25-22(26)14-11-9-13(10-12-14)21-23-19-17-7-3-1-5-15(17)16-6-2-4-8-18(16)20(19)24-21;24-14-7-5-6-13(12-14)21-22-19-17-10-3-1-8-15(17)16-9-2-4-11-18(16)20(19)23-21;1-3-8-14-12(6-1)13-7-2-4-9-15(13)18-17(14)21-19(22-18)16-10-5-11-20-16/h1-12H,(H,23,24)(H,25,26);1-12,24H,(H,22,23);1-11,20H,(H,21,22). The molecule has 0 aliphatic rings. The lowest BCUT2D eigenvalue weighted by molar-refractivity contribution is 0.0697. The van der Waals surface area contributed by atoms with Gasteiger partial charge in [-0.15, -0.1) is 0 Å². The van der Waals surface area contributed by atoms with Crippen molar-refractivity contribution in [1.82, 2.24) is 34.9 Å². The number of nitrogens with zero attached hydrogens (tertiary/aromatic N) is 3. The number of nitrogens with one attached hydrogen (secondary N) is 4. The lowest BCUT2D eigenvalue weighted by atomic mass is 10.0. The van der Waals surface area contributed by atoms with Crippen molar-refractivity contribution in [3.8, 4) is 40.0 Å². The normalized spacial score (nSPS) is 11.5. The number of carboxylic acid groups (broad SMARTS) is 1. The van der Waals surface area contributed by atoms with Gasteiger partial charge >= 0.3 is 5.97 Å². The summed E-state index contributed by atoms with van der Waals surface area (Å²) in [7, 11) is 0. The number of benzene rings is 11. The molecule has 0 fully saturated rings. The Bertz CT molecular complexity index is 4350. The zero-order valence-electron chi connectivity index (χ0n) is 38.4.